The van der Waals surface area contributed by atoms with Crippen LogP contribution in [0.25, 0.3) is 11.1 Å². The molecule has 0 aliphatic heterocycles. The molecule has 0 bridgehead atoms. The van der Waals surface area contributed by atoms with Gasteiger partial charge in [-0.1, -0.05) is 66.8 Å². The molecule has 0 saturated carbocycles. The number of anilines is 1. The van der Waals surface area contributed by atoms with Gasteiger partial charge >= 0.3 is 11.9 Å². The van der Waals surface area contributed by atoms with Gasteiger partial charge in [0.25, 0.3) is 0 Å². The third-order valence-electron chi connectivity index (χ3n) is 8.73. The van der Waals surface area contributed by atoms with E-state index in [0.29, 0.717) is 30.5 Å². The van der Waals surface area contributed by atoms with Crippen LogP contribution in [-0.4, -0.2) is 28.7 Å². The van der Waals surface area contributed by atoms with Crippen LogP contribution in [0.1, 0.15) is 51.6 Å². The summed E-state index contributed by atoms with van der Waals surface area (Å²) in [5, 5.41) is 77.9. The highest BCUT2D eigenvalue weighted by Crippen LogP contribution is 2.38. The molecule has 11 nitrogen and oxygen atoms in total. The van der Waals surface area contributed by atoms with Crippen LogP contribution in [0.2, 0.25) is 0 Å². The summed E-state index contributed by atoms with van der Waals surface area (Å²) in [5.74, 6) is -3.59. The Balaban J connectivity index is 1.84. The third-order valence-corrected chi connectivity index (χ3v) is 8.73. The largest absolute Gasteiger partial charge is 0.478 e. The molecule has 2 N–H and O–H groups in total. The number of carbonyl (C=O) groups is 2. The summed E-state index contributed by atoms with van der Waals surface area (Å²) >= 11 is 0. The molecule has 0 aromatic heterocycles. The van der Waals surface area contributed by atoms with Gasteiger partial charge in [-0.05, 0) is 90.6 Å². The third kappa shape index (κ3) is 9.30. The maximum absolute atomic E-state index is 11.4. The molecule has 4 rings (SSSR count). The van der Waals surface area contributed by atoms with Gasteiger partial charge in [0, 0.05) is 29.1 Å². The van der Waals surface area contributed by atoms with Crippen molar-refractivity contribution >= 4 is 28.8 Å². The lowest BCUT2D eigenvalue weighted by Gasteiger charge is -2.27. The molecule has 3 aromatic carbocycles. The maximum atomic E-state index is 11.4. The van der Waals surface area contributed by atoms with E-state index in [1.807, 2.05) is 73.7 Å². The number of allylic oxidation sites excluding steroid dienone is 13. The van der Waals surface area contributed by atoms with Crippen LogP contribution in [0.15, 0.2) is 149 Å². The van der Waals surface area contributed by atoms with Crippen molar-refractivity contribution in [2.45, 2.75) is 19.8 Å². The van der Waals surface area contributed by atoms with Crippen molar-refractivity contribution in [3.8, 4) is 36.4 Å². The Morgan fingerprint density at radius 2 is 1.30 bits per heavy atom. The predicted octanol–water partition coefficient (Wildman–Crippen LogP) is 8.59. The highest BCUT2D eigenvalue weighted by molar-refractivity contribution is 5.92. The number of likely N-dealkylation sites (N-methyl/N-ethyl adjacent to an activating group) is 1. The van der Waals surface area contributed by atoms with Gasteiger partial charge in [-0.25, -0.2) is 9.59 Å². The molecule has 3 aromatic rings. The monoisotopic (exact) mass is 733 g/mol. The average molecular weight is 734 g/mol. The molecular formula is C45H31N7O4. The summed E-state index contributed by atoms with van der Waals surface area (Å²) in [5.41, 5.74) is 4.31. The zero-order chi connectivity index (χ0) is 40.6. The lowest BCUT2D eigenvalue weighted by Crippen LogP contribution is -2.22. The Morgan fingerprint density at radius 1 is 0.732 bits per heavy atom. The van der Waals surface area contributed by atoms with Crippen molar-refractivity contribution in [1.82, 2.24) is 0 Å². The standard InChI is InChI=1S/C45H31N7O4/c1-2-52(40-12-4-3-5-13-40)43-32(8-6-10-36(24-46)41(38(26-48)27-49)30-14-20-34(21-15-30)44(53)54)18-19-33(43)9-7-11-37(25-47)42(39(28-50)29-51)31-16-22-35(23-17-31)45(55)56/h3-17,20-23,38H,2,18-19H2,1H3,(H,53,54)(H,55,56). The van der Waals surface area contributed by atoms with E-state index in [1.165, 1.54) is 60.7 Å². The maximum Gasteiger partial charge on any atom is 0.335 e. The molecule has 1 aliphatic rings. The second kappa shape index (κ2) is 19.4. The molecule has 11 heteroatoms. The minimum Gasteiger partial charge on any atom is -0.478 e. The van der Waals surface area contributed by atoms with Gasteiger partial charge in [-0.3, -0.25) is 0 Å². The first-order valence-corrected chi connectivity index (χ1v) is 17.0. The number of para-hydroxylation sites is 1. The summed E-state index contributed by atoms with van der Waals surface area (Å²) in [7, 11) is 0. The van der Waals surface area contributed by atoms with Crippen LogP contribution in [0.3, 0.4) is 0 Å². The van der Waals surface area contributed by atoms with Crippen molar-refractivity contribution in [3.05, 3.63) is 171 Å². The van der Waals surface area contributed by atoms with E-state index in [0.717, 1.165) is 22.5 Å². The Bertz CT molecular complexity index is 2480. The first kappa shape index (κ1) is 40.3. The number of benzene rings is 3. The molecule has 0 spiro atoms. The van der Waals surface area contributed by atoms with Crippen molar-refractivity contribution in [3.63, 3.8) is 0 Å². The van der Waals surface area contributed by atoms with E-state index in [1.54, 1.807) is 12.2 Å². The summed E-state index contributed by atoms with van der Waals surface area (Å²) in [4.78, 5) is 24.9. The minimum atomic E-state index is -1.30. The van der Waals surface area contributed by atoms with Gasteiger partial charge in [-0.2, -0.15) is 31.6 Å². The molecule has 0 amide bonds. The fraction of sp³-hybridized carbons (Fsp3) is 0.111. The van der Waals surface area contributed by atoms with Crippen LogP contribution in [-0.2, 0) is 0 Å². The van der Waals surface area contributed by atoms with Crippen molar-refractivity contribution in [2.75, 3.05) is 11.4 Å². The van der Waals surface area contributed by atoms with Crippen LogP contribution >= 0.6 is 0 Å². The summed E-state index contributed by atoms with van der Waals surface area (Å²) in [6.07, 6.45) is 11.2. The summed E-state index contributed by atoms with van der Waals surface area (Å²) < 4.78 is 0. The highest BCUT2D eigenvalue weighted by Gasteiger charge is 2.24. The topological polar surface area (TPSA) is 221 Å². The first-order chi connectivity index (χ1) is 27.1. The van der Waals surface area contributed by atoms with Gasteiger partial charge in [-0.15, -0.1) is 0 Å². The van der Waals surface area contributed by atoms with E-state index in [-0.39, 0.29) is 39.0 Å². The van der Waals surface area contributed by atoms with Gasteiger partial charge in [0.05, 0.1) is 46.5 Å². The zero-order valence-corrected chi connectivity index (χ0v) is 30.0. The van der Waals surface area contributed by atoms with Crippen molar-refractivity contribution in [1.29, 1.82) is 31.6 Å². The van der Waals surface area contributed by atoms with E-state index in [2.05, 4.69) is 17.0 Å². The molecule has 56 heavy (non-hydrogen) atoms. The highest BCUT2D eigenvalue weighted by atomic mass is 16.4. The zero-order valence-electron chi connectivity index (χ0n) is 30.0. The number of carboxylic acids is 2. The van der Waals surface area contributed by atoms with Gasteiger partial charge in [0.15, 0.2) is 5.92 Å². The van der Waals surface area contributed by atoms with Gasteiger partial charge in [0.2, 0.25) is 0 Å². The molecule has 270 valence electrons. The van der Waals surface area contributed by atoms with Crippen LogP contribution < -0.4 is 4.90 Å². The second-order valence-electron chi connectivity index (χ2n) is 11.9. The fourth-order valence-corrected chi connectivity index (χ4v) is 6.12. The molecule has 0 fully saturated rings. The molecule has 0 radical (unpaired) electrons. The van der Waals surface area contributed by atoms with Crippen LogP contribution in [0, 0.1) is 73.9 Å². The number of carboxylic acid groups (broad SMARTS) is 2. The lowest BCUT2D eigenvalue weighted by molar-refractivity contribution is 0.0686. The van der Waals surface area contributed by atoms with E-state index in [9.17, 15) is 51.4 Å². The number of nitriles is 6. The van der Waals surface area contributed by atoms with E-state index >= 15 is 0 Å². The Morgan fingerprint density at radius 3 is 1.80 bits per heavy atom. The van der Waals surface area contributed by atoms with Crippen molar-refractivity contribution in [2.24, 2.45) is 5.92 Å². The normalized spacial score (nSPS) is 13.6. The number of hydrogen-bond acceptors (Lipinski definition) is 9. The minimum absolute atomic E-state index is 0.00497. The van der Waals surface area contributed by atoms with E-state index in [4.69, 9.17) is 0 Å². The second-order valence-corrected chi connectivity index (χ2v) is 11.9. The number of hydrogen-bond donors (Lipinski definition) is 2. The molecular weight excluding hydrogens is 703 g/mol. The number of rotatable bonds is 13. The van der Waals surface area contributed by atoms with Gasteiger partial charge < -0.3 is 15.1 Å². The molecule has 0 saturated heterocycles. The molecule has 1 aliphatic carbocycles. The van der Waals surface area contributed by atoms with E-state index < -0.39 is 17.9 Å². The van der Waals surface area contributed by atoms with Crippen LogP contribution in [0.4, 0.5) is 5.69 Å². The quantitative estimate of drug-likeness (QED) is 0.125. The fourth-order valence-electron chi connectivity index (χ4n) is 6.12. The SMILES string of the molecule is CCN(C1=C(C=CC=C(C#N)C(=C(C#N)C#N)c2ccc(C(=O)O)cc2)CCC1=CC=CC(C#N)=C(c1ccc(C(=O)O)cc1)C(C#N)C#N)c1ccccc1. The number of aromatic carboxylic acids is 2. The van der Waals surface area contributed by atoms with Crippen LogP contribution in [0.5, 0.6) is 0 Å². The Labute approximate surface area is 324 Å². The first-order valence-electron chi connectivity index (χ1n) is 17.0. The molecule has 0 atom stereocenters. The van der Waals surface area contributed by atoms with Crippen molar-refractivity contribution < 1.29 is 19.8 Å². The van der Waals surface area contributed by atoms with Gasteiger partial charge in [0.1, 0.15) is 17.7 Å². The average Bonchev–Trinajstić information content (AvgIpc) is 3.62. The molecule has 0 unspecified atom stereocenters. The smallest absolute Gasteiger partial charge is 0.335 e. The molecule has 0 heterocycles. The summed E-state index contributed by atoms with van der Waals surface area (Å²) in [6.45, 7) is 2.58. The summed E-state index contributed by atoms with van der Waals surface area (Å²) in [6, 6.07) is 32.5. The Kier molecular flexibility index (Phi) is 13.9. The predicted molar refractivity (Wildman–Crippen MR) is 208 cm³/mol. The lowest BCUT2D eigenvalue weighted by atomic mass is 9.89. The number of nitrogens with zero attached hydrogens (tertiary/aromatic N) is 7. The Hall–Kier alpha value is -8.48.